The van der Waals surface area contributed by atoms with E-state index in [0.29, 0.717) is 12.5 Å². The lowest BCUT2D eigenvalue weighted by Gasteiger charge is -2.35. The van der Waals surface area contributed by atoms with Crippen molar-refractivity contribution in [3.05, 3.63) is 21.9 Å². The van der Waals surface area contributed by atoms with Crippen molar-refractivity contribution in [3.63, 3.8) is 0 Å². The lowest BCUT2D eigenvalue weighted by atomic mass is 9.76. The van der Waals surface area contributed by atoms with Gasteiger partial charge in [0.1, 0.15) is 0 Å². The van der Waals surface area contributed by atoms with E-state index in [4.69, 9.17) is 5.73 Å². The van der Waals surface area contributed by atoms with Crippen LogP contribution in [0.2, 0.25) is 0 Å². The molecule has 1 fully saturated rings. The SMILES string of the molecule is Cc1ccc(CNC(=O)C2(N)CCCC(C)C2)s1. The minimum absolute atomic E-state index is 0.0140. The molecule has 2 atom stereocenters. The normalized spacial score (nSPS) is 28.1. The minimum atomic E-state index is -0.649. The Bertz CT molecular complexity index is 429. The number of rotatable bonds is 3. The van der Waals surface area contributed by atoms with Gasteiger partial charge in [-0.15, -0.1) is 11.3 Å². The topological polar surface area (TPSA) is 55.1 Å². The van der Waals surface area contributed by atoms with Gasteiger partial charge in [-0.05, 0) is 37.8 Å². The van der Waals surface area contributed by atoms with Crippen LogP contribution < -0.4 is 11.1 Å². The highest BCUT2D eigenvalue weighted by Gasteiger charge is 2.37. The van der Waals surface area contributed by atoms with Crippen molar-refractivity contribution in [2.45, 2.75) is 51.6 Å². The summed E-state index contributed by atoms with van der Waals surface area (Å²) in [7, 11) is 0. The quantitative estimate of drug-likeness (QED) is 0.883. The van der Waals surface area contributed by atoms with Gasteiger partial charge in [0.05, 0.1) is 12.1 Å². The van der Waals surface area contributed by atoms with Gasteiger partial charge in [-0.1, -0.05) is 19.8 Å². The van der Waals surface area contributed by atoms with Gasteiger partial charge in [-0.3, -0.25) is 4.79 Å². The van der Waals surface area contributed by atoms with Crippen LogP contribution in [-0.4, -0.2) is 11.4 Å². The third-order valence-electron chi connectivity index (χ3n) is 3.70. The number of nitrogens with one attached hydrogen (secondary N) is 1. The maximum atomic E-state index is 12.2. The molecule has 0 aromatic carbocycles. The maximum absolute atomic E-state index is 12.2. The van der Waals surface area contributed by atoms with Crippen molar-refractivity contribution in [2.75, 3.05) is 0 Å². The number of carbonyl (C=O) groups is 1. The third-order valence-corrected chi connectivity index (χ3v) is 4.70. The molecule has 100 valence electrons. The van der Waals surface area contributed by atoms with Crippen molar-refractivity contribution >= 4 is 17.2 Å². The first-order chi connectivity index (χ1) is 8.49. The average Bonchev–Trinajstić information content (AvgIpc) is 2.71. The molecule has 4 heteroatoms. The van der Waals surface area contributed by atoms with Crippen LogP contribution in [0.15, 0.2) is 12.1 Å². The van der Waals surface area contributed by atoms with Crippen molar-refractivity contribution in [3.8, 4) is 0 Å². The van der Waals surface area contributed by atoms with Gasteiger partial charge in [0, 0.05) is 9.75 Å². The lowest BCUT2D eigenvalue weighted by molar-refractivity contribution is -0.128. The zero-order valence-corrected chi connectivity index (χ0v) is 12.0. The molecule has 3 nitrogen and oxygen atoms in total. The van der Waals surface area contributed by atoms with Crippen molar-refractivity contribution < 1.29 is 4.79 Å². The Hall–Kier alpha value is -0.870. The van der Waals surface area contributed by atoms with Crippen LogP contribution in [0.3, 0.4) is 0 Å². The van der Waals surface area contributed by atoms with E-state index < -0.39 is 5.54 Å². The molecule has 3 N–H and O–H groups in total. The summed E-state index contributed by atoms with van der Waals surface area (Å²) >= 11 is 1.72. The molecule has 2 rings (SSSR count). The Morgan fingerprint density at radius 2 is 2.39 bits per heavy atom. The zero-order chi connectivity index (χ0) is 13.2. The van der Waals surface area contributed by atoms with Gasteiger partial charge >= 0.3 is 0 Å². The van der Waals surface area contributed by atoms with Gasteiger partial charge < -0.3 is 11.1 Å². The van der Waals surface area contributed by atoms with Crippen molar-refractivity contribution in [2.24, 2.45) is 11.7 Å². The fourth-order valence-electron chi connectivity index (χ4n) is 2.72. The van der Waals surface area contributed by atoms with E-state index in [-0.39, 0.29) is 5.91 Å². The van der Waals surface area contributed by atoms with Crippen molar-refractivity contribution in [1.82, 2.24) is 5.32 Å². The van der Waals surface area contributed by atoms with E-state index in [1.807, 2.05) is 0 Å². The summed E-state index contributed by atoms with van der Waals surface area (Å²) in [5.41, 5.74) is 5.60. The molecule has 0 bridgehead atoms. The smallest absolute Gasteiger partial charge is 0.240 e. The van der Waals surface area contributed by atoms with Gasteiger partial charge in [-0.2, -0.15) is 0 Å². The second-order valence-corrected chi connectivity index (χ2v) is 6.93. The summed E-state index contributed by atoms with van der Waals surface area (Å²) in [6.45, 7) is 4.85. The summed E-state index contributed by atoms with van der Waals surface area (Å²) in [4.78, 5) is 14.7. The molecular weight excluding hydrogens is 244 g/mol. The predicted octanol–water partition coefficient (Wildman–Crippen LogP) is 2.58. The van der Waals surface area contributed by atoms with Gasteiger partial charge in [0.15, 0.2) is 0 Å². The Kier molecular flexibility index (Phi) is 4.07. The molecule has 1 heterocycles. The Balaban J connectivity index is 1.91. The summed E-state index contributed by atoms with van der Waals surface area (Å²) in [6.07, 6.45) is 3.87. The lowest BCUT2D eigenvalue weighted by Crippen LogP contribution is -2.56. The van der Waals surface area contributed by atoms with E-state index in [1.165, 1.54) is 16.2 Å². The fraction of sp³-hybridized carbons (Fsp3) is 0.643. The first kappa shape index (κ1) is 13.6. The minimum Gasteiger partial charge on any atom is -0.350 e. The summed E-state index contributed by atoms with van der Waals surface area (Å²) in [6, 6.07) is 4.14. The molecule has 1 aliphatic rings. The summed E-state index contributed by atoms with van der Waals surface area (Å²) in [5, 5.41) is 2.99. The summed E-state index contributed by atoms with van der Waals surface area (Å²) < 4.78 is 0. The molecule has 0 aliphatic heterocycles. The molecule has 0 saturated heterocycles. The first-order valence-corrected chi connectivity index (χ1v) is 7.44. The standard InChI is InChI=1S/C14H22N2OS/c1-10-4-3-7-14(15,8-10)13(17)16-9-12-6-5-11(2)18-12/h5-6,10H,3-4,7-9,15H2,1-2H3,(H,16,17). The average molecular weight is 266 g/mol. The number of hydrogen-bond acceptors (Lipinski definition) is 3. The number of carbonyl (C=O) groups excluding carboxylic acids is 1. The monoisotopic (exact) mass is 266 g/mol. The fourth-order valence-corrected chi connectivity index (χ4v) is 3.55. The molecule has 1 amide bonds. The molecule has 1 aromatic heterocycles. The zero-order valence-electron chi connectivity index (χ0n) is 11.2. The molecule has 1 aliphatic carbocycles. The third kappa shape index (κ3) is 3.12. The molecule has 18 heavy (non-hydrogen) atoms. The van der Waals surface area contributed by atoms with Crippen LogP contribution in [0.25, 0.3) is 0 Å². The van der Waals surface area contributed by atoms with Crippen LogP contribution in [0.4, 0.5) is 0 Å². The maximum Gasteiger partial charge on any atom is 0.240 e. The second kappa shape index (κ2) is 5.41. The van der Waals surface area contributed by atoms with Gasteiger partial charge in [-0.25, -0.2) is 0 Å². The van der Waals surface area contributed by atoms with Crippen LogP contribution in [0.5, 0.6) is 0 Å². The molecule has 0 spiro atoms. The number of aryl methyl sites for hydroxylation is 1. The van der Waals surface area contributed by atoms with Crippen LogP contribution in [0, 0.1) is 12.8 Å². The number of hydrogen-bond donors (Lipinski definition) is 2. The van der Waals surface area contributed by atoms with Gasteiger partial charge in [0.25, 0.3) is 0 Å². The largest absolute Gasteiger partial charge is 0.350 e. The Morgan fingerprint density at radius 1 is 1.61 bits per heavy atom. The van der Waals surface area contributed by atoms with Crippen LogP contribution >= 0.6 is 11.3 Å². The number of nitrogens with two attached hydrogens (primary N) is 1. The van der Waals surface area contributed by atoms with Gasteiger partial charge in [0.2, 0.25) is 5.91 Å². The number of thiophene rings is 1. The highest BCUT2D eigenvalue weighted by atomic mass is 32.1. The molecular formula is C14H22N2OS. The van der Waals surface area contributed by atoms with E-state index >= 15 is 0 Å². The molecule has 0 radical (unpaired) electrons. The molecule has 1 aromatic rings. The Labute approximate surface area is 113 Å². The molecule has 1 saturated carbocycles. The number of amides is 1. The van der Waals surface area contributed by atoms with Crippen molar-refractivity contribution in [1.29, 1.82) is 0 Å². The van der Waals surface area contributed by atoms with E-state index in [0.717, 1.165) is 19.3 Å². The van der Waals surface area contributed by atoms with Crippen LogP contribution in [0.1, 0.15) is 42.4 Å². The highest BCUT2D eigenvalue weighted by Crippen LogP contribution is 2.30. The summed E-state index contributed by atoms with van der Waals surface area (Å²) in [5.74, 6) is 0.568. The second-order valence-electron chi connectivity index (χ2n) is 5.55. The Morgan fingerprint density at radius 3 is 3.00 bits per heavy atom. The highest BCUT2D eigenvalue weighted by molar-refractivity contribution is 7.11. The first-order valence-electron chi connectivity index (χ1n) is 6.62. The van der Waals surface area contributed by atoms with Crippen LogP contribution in [-0.2, 0) is 11.3 Å². The van der Waals surface area contributed by atoms with E-state index in [1.54, 1.807) is 11.3 Å². The van der Waals surface area contributed by atoms with E-state index in [9.17, 15) is 4.79 Å². The molecule has 2 unspecified atom stereocenters. The predicted molar refractivity (Wildman–Crippen MR) is 75.5 cm³/mol. The van der Waals surface area contributed by atoms with E-state index in [2.05, 4.69) is 31.3 Å².